The van der Waals surface area contributed by atoms with Crippen LogP contribution < -0.4 is 0 Å². The summed E-state index contributed by atoms with van der Waals surface area (Å²) in [5.74, 6) is 0. The Hall–Kier alpha value is -0.553. The molecule has 106 valence electrons. The molecule has 0 aromatic rings. The number of ether oxygens (including phenoxy) is 1. The normalized spacial score (nSPS) is 17.7. The van der Waals surface area contributed by atoms with Crippen LogP contribution >= 0.6 is 0 Å². The number of carbonyl (C=O) groups is 1. The summed E-state index contributed by atoms with van der Waals surface area (Å²) >= 11 is 0. The molecule has 0 radical (unpaired) electrons. The summed E-state index contributed by atoms with van der Waals surface area (Å²) in [7, 11) is -1.82. The Balaban J connectivity index is 2.31. The van der Waals surface area contributed by atoms with E-state index >= 15 is 0 Å². The number of nitrogens with zero attached hydrogens (tertiary/aromatic N) is 1. The molecular formula is C13H27NO3Si. The van der Waals surface area contributed by atoms with Crippen LogP contribution in [-0.2, 0) is 9.16 Å². The molecule has 0 saturated carbocycles. The molecule has 0 aliphatic carbocycles. The van der Waals surface area contributed by atoms with Crippen molar-refractivity contribution in [3.8, 4) is 0 Å². The van der Waals surface area contributed by atoms with Crippen molar-refractivity contribution in [2.45, 2.75) is 58.2 Å². The summed E-state index contributed by atoms with van der Waals surface area (Å²) in [4.78, 5) is 13.5. The van der Waals surface area contributed by atoms with Crippen molar-refractivity contribution in [2.24, 2.45) is 0 Å². The summed E-state index contributed by atoms with van der Waals surface area (Å²) < 4.78 is 11.0. The van der Waals surface area contributed by atoms with Crippen LogP contribution in [0, 0.1) is 0 Å². The number of carbonyl (C=O) groups excluding carboxylic acids is 1. The Bertz CT molecular complexity index is 280. The number of likely N-dealkylation sites (tertiary alicyclic amines) is 1. The van der Waals surface area contributed by atoms with E-state index in [-0.39, 0.29) is 17.9 Å². The van der Waals surface area contributed by atoms with Gasteiger partial charge in [-0.1, -0.05) is 20.8 Å². The van der Waals surface area contributed by atoms with E-state index in [0.29, 0.717) is 0 Å². The third kappa shape index (κ3) is 4.28. The van der Waals surface area contributed by atoms with Crippen molar-refractivity contribution in [1.82, 2.24) is 4.90 Å². The maximum Gasteiger partial charge on any atom is 0.411 e. The van der Waals surface area contributed by atoms with Gasteiger partial charge >= 0.3 is 6.09 Å². The van der Waals surface area contributed by atoms with E-state index in [1.807, 2.05) is 0 Å². The molecule has 1 amide bonds. The molecule has 18 heavy (non-hydrogen) atoms. The Kier molecular flexibility index (Phi) is 5.22. The second kappa shape index (κ2) is 6.06. The number of rotatable bonds is 3. The lowest BCUT2D eigenvalue weighted by atomic mass is 10.1. The van der Waals surface area contributed by atoms with Crippen molar-refractivity contribution in [1.29, 1.82) is 0 Å². The Morgan fingerprint density at radius 3 is 2.22 bits per heavy atom. The first-order valence-corrected chi connectivity index (χ1v) is 9.70. The van der Waals surface area contributed by atoms with E-state index in [4.69, 9.17) is 9.16 Å². The predicted molar refractivity (Wildman–Crippen MR) is 75.1 cm³/mol. The van der Waals surface area contributed by atoms with Gasteiger partial charge in [-0.15, -0.1) is 0 Å². The molecule has 5 heteroatoms. The highest BCUT2D eigenvalue weighted by Gasteiger charge is 2.37. The first kappa shape index (κ1) is 15.5. The van der Waals surface area contributed by atoms with Crippen LogP contribution in [0.4, 0.5) is 4.79 Å². The highest BCUT2D eigenvalue weighted by atomic mass is 28.4. The zero-order valence-electron chi connectivity index (χ0n) is 12.4. The second-order valence-corrected chi connectivity index (χ2v) is 11.3. The second-order valence-electron chi connectivity index (χ2n) is 6.48. The van der Waals surface area contributed by atoms with Gasteiger partial charge in [-0.25, -0.2) is 4.79 Å². The number of hydrogen-bond acceptors (Lipinski definition) is 3. The van der Waals surface area contributed by atoms with E-state index in [0.717, 1.165) is 25.9 Å². The van der Waals surface area contributed by atoms with Crippen LogP contribution in [0.2, 0.25) is 18.1 Å². The quantitative estimate of drug-likeness (QED) is 0.582. The van der Waals surface area contributed by atoms with E-state index < -0.39 is 8.32 Å². The molecule has 0 unspecified atom stereocenters. The van der Waals surface area contributed by atoms with Gasteiger partial charge in [0, 0.05) is 13.1 Å². The monoisotopic (exact) mass is 273 g/mol. The van der Waals surface area contributed by atoms with Crippen LogP contribution in [0.25, 0.3) is 0 Å². The van der Waals surface area contributed by atoms with Crippen LogP contribution in [0.15, 0.2) is 0 Å². The lowest BCUT2D eigenvalue weighted by Crippen LogP contribution is -2.42. The molecule has 0 bridgehead atoms. The van der Waals surface area contributed by atoms with Gasteiger partial charge in [0.1, 0.15) is 0 Å². The van der Waals surface area contributed by atoms with Crippen molar-refractivity contribution in [2.75, 3.05) is 19.9 Å². The molecular weight excluding hydrogens is 246 g/mol. The SMILES string of the molecule is CC(C)(C)[Si](C)(C)OCOC(=O)N1CCCCC1. The summed E-state index contributed by atoms with van der Waals surface area (Å²) in [5.41, 5.74) is 0. The number of piperidine rings is 1. The lowest BCUT2D eigenvalue weighted by molar-refractivity contribution is 0.0252. The molecule has 1 aliphatic rings. The third-order valence-corrected chi connectivity index (χ3v) is 8.47. The minimum absolute atomic E-state index is 0.0891. The van der Waals surface area contributed by atoms with Crippen LogP contribution in [0.5, 0.6) is 0 Å². The zero-order valence-corrected chi connectivity index (χ0v) is 13.4. The van der Waals surface area contributed by atoms with Crippen molar-refractivity contribution in [3.63, 3.8) is 0 Å². The largest absolute Gasteiger partial charge is 0.423 e. The van der Waals surface area contributed by atoms with Crippen LogP contribution in [-0.4, -0.2) is 39.2 Å². The van der Waals surface area contributed by atoms with Gasteiger partial charge in [0.05, 0.1) is 0 Å². The summed E-state index contributed by atoms with van der Waals surface area (Å²) in [5, 5.41) is 0.143. The number of amides is 1. The average molecular weight is 273 g/mol. The first-order valence-electron chi connectivity index (χ1n) is 6.80. The summed E-state index contributed by atoms with van der Waals surface area (Å²) in [6, 6.07) is 0. The van der Waals surface area contributed by atoms with E-state index in [9.17, 15) is 4.79 Å². The molecule has 0 N–H and O–H groups in total. The van der Waals surface area contributed by atoms with Crippen LogP contribution in [0.1, 0.15) is 40.0 Å². The third-order valence-electron chi connectivity index (χ3n) is 4.02. The maximum absolute atomic E-state index is 11.8. The van der Waals surface area contributed by atoms with E-state index in [1.54, 1.807) is 4.90 Å². The maximum atomic E-state index is 11.8. The lowest BCUT2D eigenvalue weighted by Gasteiger charge is -2.36. The Morgan fingerprint density at radius 1 is 1.17 bits per heavy atom. The van der Waals surface area contributed by atoms with Crippen molar-refractivity contribution in [3.05, 3.63) is 0 Å². The van der Waals surface area contributed by atoms with Gasteiger partial charge in [-0.3, -0.25) is 0 Å². The molecule has 0 aromatic carbocycles. The molecule has 1 saturated heterocycles. The minimum atomic E-state index is -1.82. The highest BCUT2D eigenvalue weighted by Crippen LogP contribution is 2.36. The smallest absolute Gasteiger partial charge is 0.411 e. The fourth-order valence-electron chi connectivity index (χ4n) is 1.61. The van der Waals surface area contributed by atoms with Gasteiger partial charge in [0.2, 0.25) is 0 Å². The fraction of sp³-hybridized carbons (Fsp3) is 0.923. The molecule has 1 fully saturated rings. The fourth-order valence-corrected chi connectivity index (χ4v) is 2.40. The molecule has 1 heterocycles. The average Bonchev–Trinajstić information content (AvgIpc) is 2.28. The molecule has 0 spiro atoms. The molecule has 1 aliphatic heterocycles. The van der Waals surface area contributed by atoms with Gasteiger partial charge in [-0.2, -0.15) is 0 Å². The van der Waals surface area contributed by atoms with Crippen LogP contribution in [0.3, 0.4) is 0 Å². The summed E-state index contributed by atoms with van der Waals surface area (Å²) in [6.45, 7) is 12.6. The Morgan fingerprint density at radius 2 is 1.72 bits per heavy atom. The number of hydrogen-bond donors (Lipinski definition) is 0. The van der Waals surface area contributed by atoms with Crippen molar-refractivity contribution < 1.29 is 14.0 Å². The van der Waals surface area contributed by atoms with Crippen molar-refractivity contribution >= 4 is 14.4 Å². The van der Waals surface area contributed by atoms with Gasteiger partial charge in [-0.05, 0) is 37.4 Å². The summed E-state index contributed by atoms with van der Waals surface area (Å²) in [6.07, 6.45) is 3.15. The van der Waals surface area contributed by atoms with Gasteiger partial charge < -0.3 is 14.1 Å². The van der Waals surface area contributed by atoms with Gasteiger partial charge in [0.15, 0.2) is 15.1 Å². The first-order chi connectivity index (χ1) is 8.24. The molecule has 0 atom stereocenters. The topological polar surface area (TPSA) is 38.8 Å². The zero-order chi connectivity index (χ0) is 13.8. The van der Waals surface area contributed by atoms with E-state index in [2.05, 4.69) is 33.9 Å². The van der Waals surface area contributed by atoms with Gasteiger partial charge in [0.25, 0.3) is 0 Å². The van der Waals surface area contributed by atoms with E-state index in [1.165, 1.54) is 6.42 Å². The predicted octanol–water partition coefficient (Wildman–Crippen LogP) is 3.59. The molecule has 4 nitrogen and oxygen atoms in total. The molecule has 0 aromatic heterocycles. The standard InChI is InChI=1S/C13H27NO3Si/c1-13(2,3)18(4,5)17-11-16-12(15)14-9-7-6-8-10-14/h6-11H2,1-5H3. The molecule has 1 rings (SSSR count). The minimum Gasteiger partial charge on any atom is -0.423 e. The Labute approximate surface area is 112 Å². The highest BCUT2D eigenvalue weighted by molar-refractivity contribution is 6.74.